The van der Waals surface area contributed by atoms with Gasteiger partial charge in [0.25, 0.3) is 0 Å². The molecule has 2 atom stereocenters. The standard InChI is InChI=1S/C15H23N3O2/c1-10(2)17-13(19)11(3)18-14(20)15(4,16)12-8-6-5-7-9-12/h5-11H,16H2,1-4H3,(H,17,19)(H,18,20). The van der Waals surface area contributed by atoms with Crippen molar-refractivity contribution >= 4 is 11.8 Å². The first-order valence-electron chi connectivity index (χ1n) is 6.71. The van der Waals surface area contributed by atoms with Crippen LogP contribution in [0.25, 0.3) is 0 Å². The molecule has 2 amide bonds. The maximum absolute atomic E-state index is 12.2. The molecule has 0 aliphatic heterocycles. The average Bonchev–Trinajstić information content (AvgIpc) is 2.38. The molecule has 0 aliphatic carbocycles. The van der Waals surface area contributed by atoms with E-state index in [1.54, 1.807) is 26.0 Å². The highest BCUT2D eigenvalue weighted by atomic mass is 16.2. The SMILES string of the molecule is CC(C)NC(=O)C(C)NC(=O)C(C)(N)c1ccccc1. The largest absolute Gasteiger partial charge is 0.352 e. The first kappa shape index (κ1) is 16.2. The van der Waals surface area contributed by atoms with Gasteiger partial charge in [0.1, 0.15) is 11.6 Å². The lowest BCUT2D eigenvalue weighted by molar-refractivity contribution is -0.131. The zero-order valence-corrected chi connectivity index (χ0v) is 12.4. The summed E-state index contributed by atoms with van der Waals surface area (Å²) in [7, 11) is 0. The van der Waals surface area contributed by atoms with Crippen molar-refractivity contribution in [3.05, 3.63) is 35.9 Å². The van der Waals surface area contributed by atoms with Gasteiger partial charge in [-0.3, -0.25) is 9.59 Å². The van der Waals surface area contributed by atoms with E-state index < -0.39 is 11.6 Å². The van der Waals surface area contributed by atoms with Crippen LogP contribution in [-0.4, -0.2) is 23.9 Å². The molecular formula is C15H23N3O2. The number of benzene rings is 1. The highest BCUT2D eigenvalue weighted by Crippen LogP contribution is 2.17. The van der Waals surface area contributed by atoms with Gasteiger partial charge in [-0.25, -0.2) is 0 Å². The maximum Gasteiger partial charge on any atom is 0.245 e. The Kier molecular flexibility index (Phi) is 5.27. The quantitative estimate of drug-likeness (QED) is 0.747. The molecule has 0 radical (unpaired) electrons. The summed E-state index contributed by atoms with van der Waals surface area (Å²) in [6.45, 7) is 6.99. The summed E-state index contributed by atoms with van der Waals surface area (Å²) in [5.41, 5.74) is 5.62. The molecule has 0 aromatic heterocycles. The van der Waals surface area contributed by atoms with Crippen LogP contribution in [0.15, 0.2) is 30.3 Å². The Morgan fingerprint density at radius 3 is 2.15 bits per heavy atom. The third kappa shape index (κ3) is 4.06. The number of rotatable bonds is 5. The number of nitrogens with one attached hydrogen (secondary N) is 2. The van der Waals surface area contributed by atoms with E-state index in [1.807, 2.05) is 32.0 Å². The van der Waals surface area contributed by atoms with Gasteiger partial charge >= 0.3 is 0 Å². The molecule has 5 heteroatoms. The van der Waals surface area contributed by atoms with Crippen LogP contribution in [0, 0.1) is 0 Å². The number of carbonyl (C=O) groups excluding carboxylic acids is 2. The second-order valence-electron chi connectivity index (χ2n) is 5.43. The molecule has 4 N–H and O–H groups in total. The van der Waals surface area contributed by atoms with Gasteiger partial charge in [0, 0.05) is 6.04 Å². The molecule has 1 aromatic rings. The predicted molar refractivity (Wildman–Crippen MR) is 78.9 cm³/mol. The summed E-state index contributed by atoms with van der Waals surface area (Å²) in [6.07, 6.45) is 0. The molecule has 0 spiro atoms. The Balaban J connectivity index is 2.73. The molecule has 20 heavy (non-hydrogen) atoms. The van der Waals surface area contributed by atoms with Gasteiger partial charge in [-0.15, -0.1) is 0 Å². The zero-order chi connectivity index (χ0) is 15.3. The van der Waals surface area contributed by atoms with Gasteiger partial charge in [-0.1, -0.05) is 30.3 Å². The molecule has 0 aliphatic rings. The fraction of sp³-hybridized carbons (Fsp3) is 0.467. The van der Waals surface area contributed by atoms with Crippen LogP contribution in [0.5, 0.6) is 0 Å². The van der Waals surface area contributed by atoms with E-state index in [9.17, 15) is 9.59 Å². The normalized spacial score (nSPS) is 15.3. The number of carbonyl (C=O) groups is 2. The van der Waals surface area contributed by atoms with Crippen LogP contribution >= 0.6 is 0 Å². The number of hydrogen-bond acceptors (Lipinski definition) is 3. The summed E-state index contributed by atoms with van der Waals surface area (Å²) < 4.78 is 0. The van der Waals surface area contributed by atoms with E-state index in [1.165, 1.54) is 0 Å². The highest BCUT2D eigenvalue weighted by molar-refractivity contribution is 5.92. The predicted octanol–water partition coefficient (Wildman–Crippen LogP) is 0.890. The zero-order valence-electron chi connectivity index (χ0n) is 12.4. The Hall–Kier alpha value is -1.88. The summed E-state index contributed by atoms with van der Waals surface area (Å²) in [6, 6.07) is 8.48. The Morgan fingerprint density at radius 1 is 1.10 bits per heavy atom. The third-order valence-electron chi connectivity index (χ3n) is 3.02. The van der Waals surface area contributed by atoms with Crippen molar-refractivity contribution in [2.45, 2.75) is 45.3 Å². The van der Waals surface area contributed by atoms with Crippen molar-refractivity contribution in [1.82, 2.24) is 10.6 Å². The van der Waals surface area contributed by atoms with Crippen molar-refractivity contribution in [2.75, 3.05) is 0 Å². The van der Waals surface area contributed by atoms with Gasteiger partial charge in [0.15, 0.2) is 0 Å². The summed E-state index contributed by atoms with van der Waals surface area (Å²) in [4.78, 5) is 24.0. The Labute approximate surface area is 119 Å². The monoisotopic (exact) mass is 277 g/mol. The Bertz CT molecular complexity index is 469. The lowest BCUT2D eigenvalue weighted by Crippen LogP contribution is -2.55. The molecule has 1 aromatic carbocycles. The van der Waals surface area contributed by atoms with Gasteiger partial charge in [-0.05, 0) is 33.3 Å². The third-order valence-corrected chi connectivity index (χ3v) is 3.02. The van der Waals surface area contributed by atoms with Crippen LogP contribution in [-0.2, 0) is 15.1 Å². The van der Waals surface area contributed by atoms with E-state index in [0.717, 1.165) is 0 Å². The maximum atomic E-state index is 12.2. The molecule has 1 rings (SSSR count). The van der Waals surface area contributed by atoms with Crippen LogP contribution in [0.2, 0.25) is 0 Å². The van der Waals surface area contributed by atoms with Gasteiger partial charge in [-0.2, -0.15) is 0 Å². The molecule has 0 heterocycles. The summed E-state index contributed by atoms with van der Waals surface area (Å²) in [5, 5.41) is 5.39. The number of nitrogens with two attached hydrogens (primary N) is 1. The average molecular weight is 277 g/mol. The smallest absolute Gasteiger partial charge is 0.245 e. The van der Waals surface area contributed by atoms with Crippen molar-refractivity contribution < 1.29 is 9.59 Å². The minimum atomic E-state index is -1.17. The lowest BCUT2D eigenvalue weighted by Gasteiger charge is -2.26. The fourth-order valence-electron chi connectivity index (χ4n) is 1.74. The molecule has 0 saturated heterocycles. The highest BCUT2D eigenvalue weighted by Gasteiger charge is 2.32. The van der Waals surface area contributed by atoms with Gasteiger partial charge in [0.05, 0.1) is 0 Å². The molecule has 0 saturated carbocycles. The number of hydrogen-bond donors (Lipinski definition) is 3. The van der Waals surface area contributed by atoms with E-state index in [-0.39, 0.29) is 17.9 Å². The van der Waals surface area contributed by atoms with Crippen molar-refractivity contribution in [1.29, 1.82) is 0 Å². The number of amides is 2. The molecule has 110 valence electrons. The van der Waals surface area contributed by atoms with E-state index in [0.29, 0.717) is 5.56 Å². The van der Waals surface area contributed by atoms with Crippen LogP contribution in [0.4, 0.5) is 0 Å². The molecule has 2 unspecified atom stereocenters. The van der Waals surface area contributed by atoms with Gasteiger partial charge < -0.3 is 16.4 Å². The lowest BCUT2D eigenvalue weighted by atomic mass is 9.92. The van der Waals surface area contributed by atoms with Crippen molar-refractivity contribution in [3.8, 4) is 0 Å². The second-order valence-corrected chi connectivity index (χ2v) is 5.43. The van der Waals surface area contributed by atoms with E-state index >= 15 is 0 Å². The van der Waals surface area contributed by atoms with Crippen LogP contribution < -0.4 is 16.4 Å². The first-order chi connectivity index (χ1) is 9.25. The van der Waals surface area contributed by atoms with Crippen molar-refractivity contribution in [3.63, 3.8) is 0 Å². The topological polar surface area (TPSA) is 84.2 Å². The summed E-state index contributed by atoms with van der Waals surface area (Å²) >= 11 is 0. The first-order valence-corrected chi connectivity index (χ1v) is 6.71. The van der Waals surface area contributed by atoms with E-state index in [4.69, 9.17) is 5.73 Å². The van der Waals surface area contributed by atoms with Crippen LogP contribution in [0.1, 0.15) is 33.3 Å². The molecule has 0 bridgehead atoms. The Morgan fingerprint density at radius 2 is 1.65 bits per heavy atom. The van der Waals surface area contributed by atoms with E-state index in [2.05, 4.69) is 10.6 Å². The molecule has 0 fully saturated rings. The minimum absolute atomic E-state index is 0.0280. The van der Waals surface area contributed by atoms with Crippen LogP contribution in [0.3, 0.4) is 0 Å². The fourth-order valence-corrected chi connectivity index (χ4v) is 1.74. The summed E-state index contributed by atoms with van der Waals surface area (Å²) in [5.74, 6) is -0.604. The van der Waals surface area contributed by atoms with Crippen molar-refractivity contribution in [2.24, 2.45) is 5.73 Å². The molecule has 5 nitrogen and oxygen atoms in total. The second kappa shape index (κ2) is 6.52. The van der Waals surface area contributed by atoms with Gasteiger partial charge in [0.2, 0.25) is 11.8 Å². The minimum Gasteiger partial charge on any atom is -0.352 e. The molecular weight excluding hydrogens is 254 g/mol.